The molecular formula is C21H21N3O3. The lowest BCUT2D eigenvalue weighted by atomic mass is 9.38. The predicted octanol–water partition coefficient (Wildman–Crippen LogP) is 2.18. The Balaban J connectivity index is 1.50. The van der Waals surface area contributed by atoms with Crippen LogP contribution < -0.4 is 11.4 Å². The Bertz CT molecular complexity index is 1160. The van der Waals surface area contributed by atoms with Gasteiger partial charge in [-0.3, -0.25) is 0 Å². The van der Waals surface area contributed by atoms with E-state index in [0.29, 0.717) is 5.69 Å². The Hall–Kier alpha value is -2.34. The fourth-order valence-electron chi connectivity index (χ4n) is 7.46. The monoisotopic (exact) mass is 363 g/mol. The van der Waals surface area contributed by atoms with Gasteiger partial charge in [0.15, 0.2) is 0 Å². The quantitative estimate of drug-likeness (QED) is 0.576. The molecule has 1 aromatic heterocycles. The van der Waals surface area contributed by atoms with Crippen LogP contribution in [0.15, 0.2) is 52.1 Å². The van der Waals surface area contributed by atoms with E-state index in [-0.39, 0.29) is 46.0 Å². The van der Waals surface area contributed by atoms with Crippen LogP contribution in [0.4, 0.5) is 0 Å². The second kappa shape index (κ2) is 4.07. The van der Waals surface area contributed by atoms with Crippen molar-refractivity contribution < 1.29 is 4.74 Å². The number of aromatic nitrogens is 3. The molecule has 27 heavy (non-hydrogen) atoms. The number of ether oxygens (including phenoxy) is 1. The van der Waals surface area contributed by atoms with Crippen LogP contribution in [0.25, 0.3) is 5.69 Å². The first-order chi connectivity index (χ1) is 13.1. The van der Waals surface area contributed by atoms with Crippen molar-refractivity contribution in [3.63, 3.8) is 0 Å². The maximum Gasteiger partial charge on any atom is 0.352 e. The molecule has 1 saturated heterocycles. The van der Waals surface area contributed by atoms with Gasteiger partial charge in [0.25, 0.3) is 0 Å². The second-order valence-corrected chi connectivity index (χ2v) is 9.03. The van der Waals surface area contributed by atoms with E-state index in [1.165, 1.54) is 17.4 Å². The number of epoxide rings is 1. The molecule has 1 aromatic carbocycles. The van der Waals surface area contributed by atoms with Gasteiger partial charge in [-0.25, -0.2) is 23.5 Å². The Morgan fingerprint density at radius 3 is 2.56 bits per heavy atom. The van der Waals surface area contributed by atoms with Crippen molar-refractivity contribution in [1.29, 1.82) is 0 Å². The third kappa shape index (κ3) is 1.21. The lowest BCUT2D eigenvalue weighted by Gasteiger charge is -2.65. The minimum atomic E-state index is -0.240. The van der Waals surface area contributed by atoms with Crippen LogP contribution in [0.3, 0.4) is 0 Å². The standard InChI is InChI=1S/C21H21N3O3/c1-19-15-10-9-14(16(19)20-11-5-6-12-21(19,20)27-20)23-17(25)22(18(26)24(15)23)13-7-3-2-4-8-13/h2-4,7-10,14-16H,5-6,11-12H2,1H3/t14-,15+,16-,19-,20-,21+/m0/s1. The summed E-state index contributed by atoms with van der Waals surface area (Å²) in [5.41, 5.74) is -0.107. The molecule has 6 nitrogen and oxygen atoms in total. The highest BCUT2D eigenvalue weighted by Crippen LogP contribution is 2.87. The van der Waals surface area contributed by atoms with Gasteiger partial charge in [0.2, 0.25) is 0 Å². The Labute approximate surface area is 155 Å². The number of hydrogen-bond donors (Lipinski definition) is 0. The molecule has 3 fully saturated rings. The molecule has 0 radical (unpaired) electrons. The van der Waals surface area contributed by atoms with Crippen molar-refractivity contribution >= 4 is 0 Å². The molecule has 6 atom stereocenters. The van der Waals surface area contributed by atoms with Crippen molar-refractivity contribution in [2.75, 3.05) is 0 Å². The van der Waals surface area contributed by atoms with E-state index in [9.17, 15) is 9.59 Å². The third-order valence-electron chi connectivity index (χ3n) is 8.36. The molecule has 0 amide bonds. The number of nitrogens with zero attached hydrogens (tertiary/aromatic N) is 3. The zero-order chi connectivity index (χ0) is 18.2. The third-order valence-corrected chi connectivity index (χ3v) is 8.36. The first kappa shape index (κ1) is 14.7. The van der Waals surface area contributed by atoms with E-state index in [4.69, 9.17) is 4.74 Å². The largest absolute Gasteiger partial charge is 0.361 e. The van der Waals surface area contributed by atoms with E-state index in [0.717, 1.165) is 12.8 Å². The summed E-state index contributed by atoms with van der Waals surface area (Å²) >= 11 is 0. The highest BCUT2D eigenvalue weighted by molar-refractivity contribution is 5.46. The molecule has 2 aromatic rings. The molecule has 3 aliphatic heterocycles. The Morgan fingerprint density at radius 2 is 1.74 bits per heavy atom. The molecule has 4 heterocycles. The number of hydrogen-bond acceptors (Lipinski definition) is 3. The van der Waals surface area contributed by atoms with Crippen molar-refractivity contribution in [3.05, 3.63) is 63.5 Å². The summed E-state index contributed by atoms with van der Waals surface area (Å²) < 4.78 is 11.3. The van der Waals surface area contributed by atoms with E-state index in [1.54, 1.807) is 9.36 Å². The van der Waals surface area contributed by atoms with Gasteiger partial charge < -0.3 is 4.74 Å². The van der Waals surface area contributed by atoms with Crippen LogP contribution in [0.2, 0.25) is 0 Å². The van der Waals surface area contributed by atoms with E-state index >= 15 is 0 Å². The second-order valence-electron chi connectivity index (χ2n) is 9.03. The molecule has 3 aliphatic carbocycles. The predicted molar refractivity (Wildman–Crippen MR) is 98.1 cm³/mol. The molecule has 0 spiro atoms. The molecule has 0 N–H and O–H groups in total. The highest BCUT2D eigenvalue weighted by Gasteiger charge is 2.95. The smallest absolute Gasteiger partial charge is 0.352 e. The van der Waals surface area contributed by atoms with Gasteiger partial charge in [0.1, 0.15) is 11.2 Å². The molecule has 2 saturated carbocycles. The molecule has 138 valence electrons. The summed E-state index contributed by atoms with van der Waals surface area (Å²) in [6, 6.07) is 9.02. The van der Waals surface area contributed by atoms with Crippen molar-refractivity contribution in [1.82, 2.24) is 13.9 Å². The number of rotatable bonds is 1. The minimum absolute atomic E-state index is 0.0662. The van der Waals surface area contributed by atoms with Crippen LogP contribution in [-0.2, 0) is 4.74 Å². The van der Waals surface area contributed by atoms with Crippen LogP contribution in [0.5, 0.6) is 0 Å². The highest BCUT2D eigenvalue weighted by atomic mass is 16.6. The SMILES string of the molecule is C[C@]12[C@H]3C=C[C@@H]([C@@H]1[C@@]14CCCC[C@@]21O4)n1c(=O)n(-c2ccccc2)c(=O)n13. The number of para-hydroxylation sites is 1. The van der Waals surface area contributed by atoms with Gasteiger partial charge in [-0.15, -0.1) is 0 Å². The molecular weight excluding hydrogens is 342 g/mol. The summed E-state index contributed by atoms with van der Waals surface area (Å²) in [6.07, 6.45) is 8.84. The number of allylic oxidation sites excluding steroid dienone is 2. The normalized spacial score (nSPS) is 44.7. The zero-order valence-electron chi connectivity index (χ0n) is 15.2. The van der Waals surface area contributed by atoms with Gasteiger partial charge in [-0.05, 0) is 25.0 Å². The first-order valence-electron chi connectivity index (χ1n) is 9.97. The molecule has 0 unspecified atom stereocenters. The molecule has 6 aliphatic rings. The molecule has 6 heteroatoms. The van der Waals surface area contributed by atoms with Gasteiger partial charge in [0, 0.05) is 11.3 Å². The van der Waals surface area contributed by atoms with Gasteiger partial charge in [-0.1, -0.05) is 50.1 Å². The Kier molecular flexibility index (Phi) is 2.21. The summed E-state index contributed by atoms with van der Waals surface area (Å²) in [5.74, 6) is 0.282. The fraction of sp³-hybridized carbons (Fsp3) is 0.524. The van der Waals surface area contributed by atoms with Crippen molar-refractivity contribution in [3.8, 4) is 5.69 Å². The summed E-state index contributed by atoms with van der Waals surface area (Å²) in [5, 5.41) is 0. The van der Waals surface area contributed by atoms with Gasteiger partial charge in [0.05, 0.1) is 17.8 Å². The van der Waals surface area contributed by atoms with Crippen LogP contribution in [-0.4, -0.2) is 25.1 Å². The van der Waals surface area contributed by atoms with Gasteiger partial charge in [-0.2, -0.15) is 0 Å². The van der Waals surface area contributed by atoms with Crippen LogP contribution in [0, 0.1) is 11.3 Å². The number of benzene rings is 1. The van der Waals surface area contributed by atoms with E-state index < -0.39 is 0 Å². The Morgan fingerprint density at radius 1 is 1.00 bits per heavy atom. The molecule has 8 rings (SSSR count). The summed E-state index contributed by atoms with van der Waals surface area (Å²) in [7, 11) is 0. The van der Waals surface area contributed by atoms with Crippen molar-refractivity contribution in [2.24, 2.45) is 11.3 Å². The average Bonchev–Trinajstić information content (AvgIpc) is 3.26. The van der Waals surface area contributed by atoms with Crippen LogP contribution in [0.1, 0.15) is 44.7 Å². The lowest BCUT2D eigenvalue weighted by Crippen LogP contribution is -2.73. The summed E-state index contributed by atoms with van der Waals surface area (Å²) in [6.45, 7) is 2.29. The fourth-order valence-corrected chi connectivity index (χ4v) is 7.46. The van der Waals surface area contributed by atoms with Crippen molar-refractivity contribution in [2.45, 2.75) is 55.9 Å². The van der Waals surface area contributed by atoms with E-state index in [1.807, 2.05) is 30.3 Å². The zero-order valence-corrected chi connectivity index (χ0v) is 15.2. The van der Waals surface area contributed by atoms with Gasteiger partial charge >= 0.3 is 11.4 Å². The maximum absolute atomic E-state index is 13.3. The maximum atomic E-state index is 13.3. The lowest BCUT2D eigenvalue weighted by molar-refractivity contribution is -0.128. The first-order valence-corrected chi connectivity index (χ1v) is 9.97. The van der Waals surface area contributed by atoms with E-state index in [2.05, 4.69) is 19.1 Å². The minimum Gasteiger partial charge on any atom is -0.361 e. The topological polar surface area (TPSA) is 61.5 Å². The van der Waals surface area contributed by atoms with Crippen LogP contribution >= 0.6 is 0 Å². The average molecular weight is 363 g/mol. The molecule has 2 bridgehead atoms. The summed E-state index contributed by atoms with van der Waals surface area (Å²) in [4.78, 5) is 26.7.